The Bertz CT molecular complexity index is 428. The zero-order chi connectivity index (χ0) is 12.3. The molecule has 7 heteroatoms. The largest absolute Gasteiger partial charge is 0.458 e. The fraction of sp³-hybridized carbons (Fsp3) is 0.111. The molecule has 1 rings (SSSR count). The third-order valence-corrected chi connectivity index (χ3v) is 1.69. The molecule has 86 valence electrons. The molecule has 0 amide bonds. The van der Waals surface area contributed by atoms with Crippen LogP contribution < -0.4 is 4.74 Å². The van der Waals surface area contributed by atoms with Crippen LogP contribution in [0.1, 0.15) is 5.56 Å². The van der Waals surface area contributed by atoms with E-state index >= 15 is 0 Å². The van der Waals surface area contributed by atoms with Gasteiger partial charge in [0, 0.05) is 6.07 Å². The molecule has 0 unspecified atom stereocenters. The fourth-order valence-corrected chi connectivity index (χ4v) is 1.03. The predicted molar refractivity (Wildman–Crippen MR) is 48.9 cm³/mol. The van der Waals surface area contributed by atoms with Crippen LogP contribution >= 0.6 is 0 Å². The summed E-state index contributed by atoms with van der Waals surface area (Å²) in [6, 6.07) is 1.99. The van der Waals surface area contributed by atoms with Crippen molar-refractivity contribution in [3.05, 3.63) is 46.7 Å². The SMILES string of the molecule is C=COc1ccc(C(F)(F)F)cc1[N+](=O)[O-]. The van der Waals surface area contributed by atoms with Crippen molar-refractivity contribution in [2.45, 2.75) is 6.18 Å². The van der Waals surface area contributed by atoms with E-state index in [1.165, 1.54) is 0 Å². The number of nitrogens with zero attached hydrogens (tertiary/aromatic N) is 1. The highest BCUT2D eigenvalue weighted by atomic mass is 19.4. The highest BCUT2D eigenvalue weighted by molar-refractivity contribution is 5.49. The lowest BCUT2D eigenvalue weighted by molar-refractivity contribution is -0.385. The average Bonchev–Trinajstić information content (AvgIpc) is 2.16. The summed E-state index contributed by atoms with van der Waals surface area (Å²) in [5.74, 6) is -0.284. The Labute approximate surface area is 88.1 Å². The molecule has 1 aromatic carbocycles. The number of ether oxygens (including phenoxy) is 1. The van der Waals surface area contributed by atoms with E-state index in [2.05, 4.69) is 11.3 Å². The summed E-state index contributed by atoms with van der Waals surface area (Å²) in [5.41, 5.74) is -1.86. The van der Waals surface area contributed by atoms with Gasteiger partial charge >= 0.3 is 11.9 Å². The Morgan fingerprint density at radius 1 is 1.44 bits per heavy atom. The van der Waals surface area contributed by atoms with E-state index in [0.29, 0.717) is 12.1 Å². The molecular weight excluding hydrogens is 227 g/mol. The number of hydrogen-bond acceptors (Lipinski definition) is 3. The molecule has 0 saturated carbocycles. The van der Waals surface area contributed by atoms with Crippen molar-refractivity contribution in [2.24, 2.45) is 0 Å². The van der Waals surface area contributed by atoms with Gasteiger partial charge in [-0.15, -0.1) is 0 Å². The summed E-state index contributed by atoms with van der Waals surface area (Å²) in [4.78, 5) is 9.55. The van der Waals surface area contributed by atoms with Gasteiger partial charge in [-0.25, -0.2) is 0 Å². The number of alkyl halides is 3. The highest BCUT2D eigenvalue weighted by Gasteiger charge is 2.33. The average molecular weight is 233 g/mol. The molecule has 0 spiro atoms. The minimum Gasteiger partial charge on any atom is -0.458 e. The van der Waals surface area contributed by atoms with E-state index in [9.17, 15) is 23.3 Å². The summed E-state index contributed by atoms with van der Waals surface area (Å²) in [6.07, 6.45) is -3.73. The van der Waals surface area contributed by atoms with Crippen LogP contribution in [-0.2, 0) is 6.18 Å². The Kier molecular flexibility index (Phi) is 3.17. The number of halogens is 3. The minimum absolute atomic E-state index is 0.284. The molecule has 0 fully saturated rings. The van der Waals surface area contributed by atoms with E-state index in [1.807, 2.05) is 0 Å². The standard InChI is InChI=1S/C9H6F3NO3/c1-2-16-8-4-3-6(9(10,11)12)5-7(8)13(14)15/h2-5H,1H2. The summed E-state index contributed by atoms with van der Waals surface area (Å²) in [5, 5.41) is 10.5. The van der Waals surface area contributed by atoms with Crippen molar-refractivity contribution >= 4 is 5.69 Å². The normalized spacial score (nSPS) is 10.9. The van der Waals surface area contributed by atoms with Crippen molar-refractivity contribution in [1.82, 2.24) is 0 Å². The zero-order valence-corrected chi connectivity index (χ0v) is 7.82. The Balaban J connectivity index is 3.28. The summed E-state index contributed by atoms with van der Waals surface area (Å²) in [7, 11) is 0. The van der Waals surface area contributed by atoms with Gasteiger partial charge in [0.05, 0.1) is 16.7 Å². The van der Waals surface area contributed by atoms with E-state index in [-0.39, 0.29) is 5.75 Å². The first-order valence-electron chi connectivity index (χ1n) is 3.99. The molecule has 0 heterocycles. The molecule has 0 saturated heterocycles. The molecule has 1 aromatic rings. The third kappa shape index (κ3) is 2.50. The zero-order valence-electron chi connectivity index (χ0n) is 7.82. The van der Waals surface area contributed by atoms with Crippen LogP contribution in [0.15, 0.2) is 31.0 Å². The smallest absolute Gasteiger partial charge is 0.416 e. The second-order valence-corrected chi connectivity index (χ2v) is 2.72. The van der Waals surface area contributed by atoms with Gasteiger partial charge in [0.2, 0.25) is 5.75 Å². The Hall–Kier alpha value is -2.05. The van der Waals surface area contributed by atoms with Crippen molar-refractivity contribution in [2.75, 3.05) is 0 Å². The lowest BCUT2D eigenvalue weighted by Gasteiger charge is -2.07. The van der Waals surface area contributed by atoms with Crippen LogP contribution in [0.3, 0.4) is 0 Å². The van der Waals surface area contributed by atoms with Crippen LogP contribution in [-0.4, -0.2) is 4.92 Å². The van der Waals surface area contributed by atoms with Crippen LogP contribution in [0.4, 0.5) is 18.9 Å². The van der Waals surface area contributed by atoms with E-state index in [1.54, 1.807) is 0 Å². The third-order valence-electron chi connectivity index (χ3n) is 1.69. The maximum Gasteiger partial charge on any atom is 0.416 e. The van der Waals surface area contributed by atoms with Gasteiger partial charge < -0.3 is 4.74 Å². The van der Waals surface area contributed by atoms with Gasteiger partial charge in [-0.2, -0.15) is 13.2 Å². The number of nitro benzene ring substituents is 1. The van der Waals surface area contributed by atoms with Gasteiger partial charge in [0.1, 0.15) is 0 Å². The van der Waals surface area contributed by atoms with Gasteiger partial charge in [0.15, 0.2) is 0 Å². The maximum absolute atomic E-state index is 12.3. The fourth-order valence-electron chi connectivity index (χ4n) is 1.03. The molecule has 0 aromatic heterocycles. The highest BCUT2D eigenvalue weighted by Crippen LogP contribution is 2.35. The number of benzene rings is 1. The number of rotatable bonds is 3. The molecule has 16 heavy (non-hydrogen) atoms. The van der Waals surface area contributed by atoms with Gasteiger partial charge in [-0.05, 0) is 12.1 Å². The van der Waals surface area contributed by atoms with Crippen molar-refractivity contribution in [3.63, 3.8) is 0 Å². The first kappa shape index (κ1) is 12.0. The molecule has 0 aliphatic carbocycles. The van der Waals surface area contributed by atoms with Crippen LogP contribution in [0.25, 0.3) is 0 Å². The number of nitro groups is 1. The lowest BCUT2D eigenvalue weighted by Crippen LogP contribution is -2.06. The molecule has 0 atom stereocenters. The second kappa shape index (κ2) is 4.21. The quantitative estimate of drug-likeness (QED) is 0.457. The number of hydrogen-bond donors (Lipinski definition) is 0. The van der Waals surface area contributed by atoms with Gasteiger partial charge in [-0.1, -0.05) is 6.58 Å². The minimum atomic E-state index is -4.63. The van der Waals surface area contributed by atoms with E-state index in [0.717, 1.165) is 12.3 Å². The predicted octanol–water partition coefficient (Wildman–Crippen LogP) is 3.14. The first-order valence-corrected chi connectivity index (χ1v) is 3.99. The molecule has 0 radical (unpaired) electrons. The van der Waals surface area contributed by atoms with Crippen molar-refractivity contribution in [3.8, 4) is 5.75 Å². The van der Waals surface area contributed by atoms with Crippen molar-refractivity contribution < 1.29 is 22.8 Å². The van der Waals surface area contributed by atoms with Crippen LogP contribution in [0, 0.1) is 10.1 Å². The summed E-state index contributed by atoms with van der Waals surface area (Å²) < 4.78 is 41.4. The molecule has 0 bridgehead atoms. The maximum atomic E-state index is 12.3. The van der Waals surface area contributed by atoms with Gasteiger partial charge in [-0.3, -0.25) is 10.1 Å². The van der Waals surface area contributed by atoms with E-state index in [4.69, 9.17) is 0 Å². The monoisotopic (exact) mass is 233 g/mol. The molecule has 4 nitrogen and oxygen atoms in total. The van der Waals surface area contributed by atoms with Gasteiger partial charge in [0.25, 0.3) is 0 Å². The Morgan fingerprint density at radius 3 is 2.50 bits per heavy atom. The lowest BCUT2D eigenvalue weighted by atomic mass is 10.2. The topological polar surface area (TPSA) is 52.4 Å². The molecular formula is C9H6F3NO3. The second-order valence-electron chi connectivity index (χ2n) is 2.72. The molecule has 0 aliphatic rings. The molecule has 0 aliphatic heterocycles. The van der Waals surface area contributed by atoms with Crippen LogP contribution in [0.5, 0.6) is 5.75 Å². The molecule has 0 N–H and O–H groups in total. The summed E-state index contributed by atoms with van der Waals surface area (Å²) >= 11 is 0. The van der Waals surface area contributed by atoms with Crippen molar-refractivity contribution in [1.29, 1.82) is 0 Å². The summed E-state index contributed by atoms with van der Waals surface area (Å²) in [6.45, 7) is 3.16. The van der Waals surface area contributed by atoms with E-state index < -0.39 is 22.4 Å². The Morgan fingerprint density at radius 2 is 2.06 bits per heavy atom. The first-order chi connectivity index (χ1) is 7.36. The van der Waals surface area contributed by atoms with Crippen LogP contribution in [0.2, 0.25) is 0 Å².